The highest BCUT2D eigenvalue weighted by atomic mass is 32.1. The first-order chi connectivity index (χ1) is 18.0. The lowest BCUT2D eigenvalue weighted by Gasteiger charge is -2.33. The fraction of sp³-hybridized carbons (Fsp3) is 0.310. The van der Waals surface area contributed by atoms with Crippen LogP contribution in [0.5, 0.6) is 0 Å². The zero-order valence-corrected chi connectivity index (χ0v) is 22.8. The third-order valence-corrected chi connectivity index (χ3v) is 6.12. The number of anilines is 1. The molecule has 3 amide bonds. The summed E-state index contributed by atoms with van der Waals surface area (Å²) < 4.78 is 5.29. The van der Waals surface area contributed by atoms with Crippen molar-refractivity contribution in [3.05, 3.63) is 77.9 Å². The van der Waals surface area contributed by atoms with E-state index in [2.05, 4.69) is 23.3 Å². The first-order valence-corrected chi connectivity index (χ1v) is 12.8. The Hall–Kier alpha value is -4.03. The molecular weight excluding hydrogens is 500 g/mol. The minimum absolute atomic E-state index is 0.0627. The smallest absolute Gasteiger partial charge is 0.408 e. The topological polar surface area (TPSA) is 112 Å². The lowest BCUT2D eigenvalue weighted by atomic mass is 9.98. The first kappa shape index (κ1) is 28.5. The molecule has 0 aliphatic heterocycles. The Labute approximate surface area is 228 Å². The molecule has 198 valence electrons. The molecule has 8 nitrogen and oxygen atoms in total. The van der Waals surface area contributed by atoms with Crippen molar-refractivity contribution in [2.45, 2.75) is 45.4 Å². The van der Waals surface area contributed by atoms with Crippen LogP contribution in [0.15, 0.2) is 66.7 Å². The molecule has 3 rings (SSSR count). The average molecular weight is 533 g/mol. The number of amides is 3. The van der Waals surface area contributed by atoms with Crippen LogP contribution in [0.25, 0.3) is 10.8 Å². The number of benzene rings is 3. The van der Waals surface area contributed by atoms with E-state index >= 15 is 0 Å². The monoisotopic (exact) mass is 532 g/mol. The Morgan fingerprint density at radius 3 is 2.32 bits per heavy atom. The molecule has 0 saturated heterocycles. The number of ether oxygens (including phenoxy) is 1. The first-order valence-electron chi connectivity index (χ1n) is 12.2. The van der Waals surface area contributed by atoms with Gasteiger partial charge in [-0.2, -0.15) is 17.9 Å². The van der Waals surface area contributed by atoms with E-state index in [-0.39, 0.29) is 12.3 Å². The predicted octanol–water partition coefficient (Wildman–Crippen LogP) is 5.00. The Balaban J connectivity index is 1.98. The normalized spacial score (nSPS) is 12.6. The number of nitrogens with zero attached hydrogens (tertiary/aromatic N) is 2. The van der Waals surface area contributed by atoms with Crippen LogP contribution in [0.3, 0.4) is 0 Å². The number of rotatable bonds is 8. The van der Waals surface area contributed by atoms with Crippen LogP contribution >= 0.6 is 12.6 Å². The van der Waals surface area contributed by atoms with E-state index in [0.717, 1.165) is 21.2 Å². The molecule has 0 aliphatic carbocycles. The van der Waals surface area contributed by atoms with Gasteiger partial charge in [0.05, 0.1) is 6.07 Å². The van der Waals surface area contributed by atoms with Gasteiger partial charge in [0.25, 0.3) is 5.91 Å². The SMILES string of the molecule is Cc1ccccc1C(C(=O)Nc1ccc2ccccc2c1)N(CC#N)C(=O)C(CS)NC(=O)OC(C)(C)C. The largest absolute Gasteiger partial charge is 0.444 e. The standard InChI is InChI=1S/C29H32N4O4S/c1-19-9-5-8-12-23(19)25(26(34)31-22-14-13-20-10-6-7-11-21(20)17-22)33(16-15-30)27(35)24(18-38)32-28(36)37-29(2,3)4/h5-14,17,24-25,38H,16,18H2,1-4H3,(H,31,34)(H,32,36). The number of carbonyl (C=O) groups excluding carboxylic acids is 3. The molecule has 0 saturated carbocycles. The number of nitrogens with one attached hydrogen (secondary N) is 2. The third-order valence-electron chi connectivity index (χ3n) is 5.76. The van der Waals surface area contributed by atoms with Crippen LogP contribution in [0.1, 0.15) is 37.9 Å². The van der Waals surface area contributed by atoms with Crippen molar-refractivity contribution in [3.8, 4) is 6.07 Å². The number of aryl methyl sites for hydroxylation is 1. The van der Waals surface area contributed by atoms with Gasteiger partial charge in [-0.25, -0.2) is 4.79 Å². The number of hydrogen-bond donors (Lipinski definition) is 3. The van der Waals surface area contributed by atoms with Crippen molar-refractivity contribution in [1.82, 2.24) is 10.2 Å². The summed E-state index contributed by atoms with van der Waals surface area (Å²) in [7, 11) is 0. The van der Waals surface area contributed by atoms with Gasteiger partial charge in [-0.15, -0.1) is 0 Å². The van der Waals surface area contributed by atoms with E-state index in [9.17, 15) is 19.6 Å². The number of alkyl carbamates (subject to hydrolysis) is 1. The average Bonchev–Trinajstić information content (AvgIpc) is 2.86. The van der Waals surface area contributed by atoms with Gasteiger partial charge in [-0.05, 0) is 61.7 Å². The minimum Gasteiger partial charge on any atom is -0.444 e. The predicted molar refractivity (Wildman–Crippen MR) is 151 cm³/mol. The van der Waals surface area contributed by atoms with E-state index in [1.54, 1.807) is 39.0 Å². The van der Waals surface area contributed by atoms with Gasteiger partial charge in [0.2, 0.25) is 5.91 Å². The molecule has 38 heavy (non-hydrogen) atoms. The molecule has 0 aliphatic rings. The summed E-state index contributed by atoms with van der Waals surface area (Å²) in [6, 6.07) is 20.2. The molecule has 0 spiro atoms. The van der Waals surface area contributed by atoms with Crippen molar-refractivity contribution >= 4 is 47.0 Å². The highest BCUT2D eigenvalue weighted by Gasteiger charge is 2.36. The Bertz CT molecular complexity index is 1360. The van der Waals surface area contributed by atoms with Crippen LogP contribution < -0.4 is 10.6 Å². The van der Waals surface area contributed by atoms with Gasteiger partial charge in [0.1, 0.15) is 24.2 Å². The van der Waals surface area contributed by atoms with Gasteiger partial charge in [0.15, 0.2) is 0 Å². The molecule has 2 N–H and O–H groups in total. The second-order valence-electron chi connectivity index (χ2n) is 9.82. The second kappa shape index (κ2) is 12.5. The Kier molecular flexibility index (Phi) is 9.37. The molecule has 0 radical (unpaired) electrons. The summed E-state index contributed by atoms with van der Waals surface area (Å²) in [6.07, 6.45) is -0.796. The number of fused-ring (bicyclic) bond motifs is 1. The van der Waals surface area contributed by atoms with Crippen molar-refractivity contribution in [1.29, 1.82) is 5.26 Å². The molecule has 0 bridgehead atoms. The maximum absolute atomic E-state index is 13.8. The zero-order valence-electron chi connectivity index (χ0n) is 21.9. The molecule has 2 unspecified atom stereocenters. The molecule has 0 heterocycles. The molecule has 0 aromatic heterocycles. The lowest BCUT2D eigenvalue weighted by molar-refractivity contribution is -0.139. The lowest BCUT2D eigenvalue weighted by Crippen LogP contribution is -2.53. The summed E-state index contributed by atoms with van der Waals surface area (Å²) in [6.45, 7) is 6.56. The molecular formula is C29H32N4O4S. The Morgan fingerprint density at radius 2 is 1.68 bits per heavy atom. The summed E-state index contributed by atoms with van der Waals surface area (Å²) in [5.41, 5.74) is 1.10. The van der Waals surface area contributed by atoms with Crippen molar-refractivity contribution in [2.75, 3.05) is 17.6 Å². The number of nitriles is 1. The number of carbonyl (C=O) groups is 3. The van der Waals surface area contributed by atoms with Crippen LogP contribution in [0.4, 0.5) is 10.5 Å². The molecule has 9 heteroatoms. The molecule has 3 aromatic carbocycles. The fourth-order valence-electron chi connectivity index (χ4n) is 4.03. The van der Waals surface area contributed by atoms with Gasteiger partial charge >= 0.3 is 6.09 Å². The summed E-state index contributed by atoms with van der Waals surface area (Å²) in [5, 5.41) is 17.0. The summed E-state index contributed by atoms with van der Waals surface area (Å²) in [4.78, 5) is 41.1. The van der Waals surface area contributed by atoms with Crippen molar-refractivity contribution in [3.63, 3.8) is 0 Å². The van der Waals surface area contributed by atoms with Crippen molar-refractivity contribution < 1.29 is 19.1 Å². The zero-order chi connectivity index (χ0) is 27.9. The van der Waals surface area contributed by atoms with Gasteiger partial charge in [0, 0.05) is 11.4 Å². The summed E-state index contributed by atoms with van der Waals surface area (Å²) >= 11 is 4.24. The summed E-state index contributed by atoms with van der Waals surface area (Å²) in [5.74, 6) is -1.19. The third kappa shape index (κ3) is 7.26. The van der Waals surface area contributed by atoms with Crippen LogP contribution in [-0.4, -0.2) is 46.7 Å². The van der Waals surface area contributed by atoms with E-state index in [1.165, 1.54) is 0 Å². The Morgan fingerprint density at radius 1 is 1.03 bits per heavy atom. The maximum Gasteiger partial charge on any atom is 0.408 e. The van der Waals surface area contributed by atoms with E-state index < -0.39 is 35.6 Å². The van der Waals surface area contributed by atoms with E-state index in [1.807, 2.05) is 61.5 Å². The molecule has 2 atom stereocenters. The van der Waals surface area contributed by atoms with Crippen LogP contribution in [-0.2, 0) is 14.3 Å². The van der Waals surface area contributed by atoms with E-state index in [4.69, 9.17) is 4.74 Å². The highest BCUT2D eigenvalue weighted by molar-refractivity contribution is 7.80. The van der Waals surface area contributed by atoms with Gasteiger partial charge in [-0.1, -0.05) is 54.6 Å². The quantitative estimate of drug-likeness (QED) is 0.279. The highest BCUT2D eigenvalue weighted by Crippen LogP contribution is 2.28. The number of thiol groups is 1. The molecule has 0 fully saturated rings. The van der Waals surface area contributed by atoms with Crippen molar-refractivity contribution in [2.24, 2.45) is 0 Å². The second-order valence-corrected chi connectivity index (χ2v) is 10.2. The maximum atomic E-state index is 13.8. The van der Waals surface area contributed by atoms with Crippen LogP contribution in [0, 0.1) is 18.3 Å². The van der Waals surface area contributed by atoms with E-state index in [0.29, 0.717) is 11.3 Å². The number of hydrogen-bond acceptors (Lipinski definition) is 6. The van der Waals surface area contributed by atoms with Gasteiger partial charge in [-0.3, -0.25) is 9.59 Å². The molecule has 3 aromatic rings. The minimum atomic E-state index is -1.14. The fourth-order valence-corrected chi connectivity index (χ4v) is 4.28. The van der Waals surface area contributed by atoms with Gasteiger partial charge < -0.3 is 20.3 Å². The van der Waals surface area contributed by atoms with Crippen LogP contribution in [0.2, 0.25) is 0 Å².